The molecule has 0 radical (unpaired) electrons. The summed E-state index contributed by atoms with van der Waals surface area (Å²) < 4.78 is 0. The number of carbonyl (C=O) groups excluding carboxylic acids is 2. The van der Waals surface area contributed by atoms with Gasteiger partial charge in [0.25, 0.3) is 0 Å². The Balaban J connectivity index is 1.70. The van der Waals surface area contributed by atoms with Gasteiger partial charge in [-0.05, 0) is 49.2 Å². The van der Waals surface area contributed by atoms with Gasteiger partial charge in [-0.1, -0.05) is 17.7 Å². The van der Waals surface area contributed by atoms with Crippen LogP contribution >= 0.6 is 11.6 Å². The van der Waals surface area contributed by atoms with Crippen LogP contribution in [-0.4, -0.2) is 23.3 Å². The molecule has 1 N–H and O–H groups in total. The molecule has 1 aromatic carbocycles. The van der Waals surface area contributed by atoms with Crippen LogP contribution in [0.3, 0.4) is 0 Å². The summed E-state index contributed by atoms with van der Waals surface area (Å²) in [5.41, 5.74) is 3.13. The summed E-state index contributed by atoms with van der Waals surface area (Å²) in [6.45, 7) is 4.41. The molecule has 1 aliphatic rings. The Morgan fingerprint density at radius 1 is 1.25 bits per heavy atom. The van der Waals surface area contributed by atoms with Gasteiger partial charge in [0.1, 0.15) is 5.82 Å². The van der Waals surface area contributed by atoms with Crippen LogP contribution in [0.15, 0.2) is 36.5 Å². The van der Waals surface area contributed by atoms with Crippen LogP contribution in [-0.2, 0) is 9.59 Å². The fourth-order valence-corrected chi connectivity index (χ4v) is 2.82. The first-order valence-electron chi connectivity index (χ1n) is 7.74. The van der Waals surface area contributed by atoms with Crippen molar-refractivity contribution in [3.05, 3.63) is 52.7 Å². The first-order valence-corrected chi connectivity index (χ1v) is 8.12. The van der Waals surface area contributed by atoms with E-state index in [1.54, 1.807) is 17.0 Å². The predicted molar refractivity (Wildman–Crippen MR) is 94.3 cm³/mol. The zero-order valence-corrected chi connectivity index (χ0v) is 14.3. The van der Waals surface area contributed by atoms with Gasteiger partial charge in [-0.15, -0.1) is 0 Å². The van der Waals surface area contributed by atoms with Gasteiger partial charge in [-0.2, -0.15) is 0 Å². The van der Waals surface area contributed by atoms with E-state index in [4.69, 9.17) is 11.6 Å². The lowest BCUT2D eigenvalue weighted by molar-refractivity contribution is -0.122. The zero-order chi connectivity index (χ0) is 17.3. The SMILES string of the molecule is Cc1ccc(N2C[C@H](C(=O)Nc3ccc(Cl)cn3)CC2=O)cc1C. The highest BCUT2D eigenvalue weighted by atomic mass is 35.5. The molecule has 3 rings (SSSR count). The molecular weight excluding hydrogens is 326 g/mol. The van der Waals surface area contributed by atoms with Crippen LogP contribution in [0.5, 0.6) is 0 Å². The number of pyridine rings is 1. The van der Waals surface area contributed by atoms with Gasteiger partial charge < -0.3 is 10.2 Å². The number of aromatic nitrogens is 1. The Kier molecular flexibility index (Phi) is 4.53. The Bertz CT molecular complexity index is 789. The van der Waals surface area contributed by atoms with Crippen LogP contribution in [0.2, 0.25) is 5.02 Å². The van der Waals surface area contributed by atoms with E-state index in [9.17, 15) is 9.59 Å². The molecule has 5 nitrogen and oxygen atoms in total. The van der Waals surface area contributed by atoms with Crippen molar-refractivity contribution in [3.63, 3.8) is 0 Å². The molecule has 1 aromatic heterocycles. The van der Waals surface area contributed by atoms with Crippen molar-refractivity contribution in [2.24, 2.45) is 5.92 Å². The maximum absolute atomic E-state index is 12.4. The molecule has 6 heteroatoms. The van der Waals surface area contributed by atoms with Crippen molar-refractivity contribution in [3.8, 4) is 0 Å². The molecule has 1 atom stereocenters. The van der Waals surface area contributed by atoms with E-state index in [0.29, 0.717) is 17.4 Å². The molecule has 2 amide bonds. The van der Waals surface area contributed by atoms with Crippen LogP contribution in [0.1, 0.15) is 17.5 Å². The molecule has 0 spiro atoms. The summed E-state index contributed by atoms with van der Waals surface area (Å²) in [7, 11) is 0. The summed E-state index contributed by atoms with van der Waals surface area (Å²) in [4.78, 5) is 30.4. The lowest BCUT2D eigenvalue weighted by Gasteiger charge is -2.18. The first-order chi connectivity index (χ1) is 11.4. The summed E-state index contributed by atoms with van der Waals surface area (Å²) in [5, 5.41) is 3.24. The standard InChI is InChI=1S/C18H18ClN3O2/c1-11-3-5-15(7-12(11)2)22-10-13(8-17(22)23)18(24)21-16-6-4-14(19)9-20-16/h3-7,9,13H,8,10H2,1-2H3,(H,20,21,24)/t13-/m1/s1. The number of hydrogen-bond donors (Lipinski definition) is 1. The van der Waals surface area contributed by atoms with E-state index in [-0.39, 0.29) is 18.2 Å². The average molecular weight is 344 g/mol. The third-order valence-electron chi connectivity index (χ3n) is 4.28. The van der Waals surface area contributed by atoms with E-state index < -0.39 is 5.92 Å². The molecule has 2 aromatic rings. The van der Waals surface area contributed by atoms with E-state index in [1.807, 2.05) is 32.0 Å². The second-order valence-electron chi connectivity index (χ2n) is 6.02. The maximum Gasteiger partial charge on any atom is 0.230 e. The third kappa shape index (κ3) is 3.41. The van der Waals surface area contributed by atoms with Crippen molar-refractivity contribution in [2.75, 3.05) is 16.8 Å². The first kappa shape index (κ1) is 16.5. The van der Waals surface area contributed by atoms with Crippen molar-refractivity contribution in [1.29, 1.82) is 0 Å². The molecule has 124 valence electrons. The molecule has 1 fully saturated rings. The average Bonchev–Trinajstić information content (AvgIpc) is 2.94. The summed E-state index contributed by atoms with van der Waals surface area (Å²) in [5.74, 6) is -0.204. The van der Waals surface area contributed by atoms with Gasteiger partial charge in [-0.25, -0.2) is 4.98 Å². The topological polar surface area (TPSA) is 62.3 Å². The van der Waals surface area contributed by atoms with Gasteiger partial charge in [0.2, 0.25) is 11.8 Å². The van der Waals surface area contributed by atoms with Gasteiger partial charge in [-0.3, -0.25) is 9.59 Å². The predicted octanol–water partition coefficient (Wildman–Crippen LogP) is 3.34. The number of rotatable bonds is 3. The largest absolute Gasteiger partial charge is 0.312 e. The number of aryl methyl sites for hydroxylation is 2. The second kappa shape index (κ2) is 6.61. The van der Waals surface area contributed by atoms with Crippen LogP contribution in [0, 0.1) is 19.8 Å². The summed E-state index contributed by atoms with van der Waals surface area (Å²) >= 11 is 5.78. The number of carbonyl (C=O) groups is 2. The minimum Gasteiger partial charge on any atom is -0.312 e. The normalized spacial score (nSPS) is 17.2. The third-order valence-corrected chi connectivity index (χ3v) is 4.50. The summed E-state index contributed by atoms with van der Waals surface area (Å²) in [6, 6.07) is 9.18. The van der Waals surface area contributed by atoms with Crippen LogP contribution in [0.25, 0.3) is 0 Å². The Morgan fingerprint density at radius 3 is 2.71 bits per heavy atom. The van der Waals surface area contributed by atoms with Crippen molar-refractivity contribution >= 4 is 34.9 Å². The van der Waals surface area contributed by atoms with Crippen molar-refractivity contribution < 1.29 is 9.59 Å². The molecule has 0 bridgehead atoms. The van der Waals surface area contributed by atoms with Crippen molar-refractivity contribution in [2.45, 2.75) is 20.3 Å². The molecule has 24 heavy (non-hydrogen) atoms. The second-order valence-corrected chi connectivity index (χ2v) is 6.46. The summed E-state index contributed by atoms with van der Waals surface area (Å²) in [6.07, 6.45) is 1.67. The highest BCUT2D eigenvalue weighted by Crippen LogP contribution is 2.27. The van der Waals surface area contributed by atoms with Crippen LogP contribution in [0.4, 0.5) is 11.5 Å². The number of amides is 2. The molecule has 0 saturated carbocycles. The fraction of sp³-hybridized carbons (Fsp3) is 0.278. The lowest BCUT2D eigenvalue weighted by atomic mass is 10.1. The van der Waals surface area contributed by atoms with E-state index in [2.05, 4.69) is 10.3 Å². The fourth-order valence-electron chi connectivity index (χ4n) is 2.70. The molecule has 1 saturated heterocycles. The number of hydrogen-bond acceptors (Lipinski definition) is 3. The van der Waals surface area contributed by atoms with Gasteiger partial charge >= 0.3 is 0 Å². The minimum absolute atomic E-state index is 0.0394. The highest BCUT2D eigenvalue weighted by Gasteiger charge is 2.35. The molecule has 0 aliphatic carbocycles. The Hall–Kier alpha value is -2.40. The van der Waals surface area contributed by atoms with Gasteiger partial charge in [0.05, 0.1) is 10.9 Å². The number of anilines is 2. The number of halogens is 1. The molecule has 2 heterocycles. The van der Waals surface area contributed by atoms with E-state index in [0.717, 1.165) is 11.3 Å². The minimum atomic E-state index is -0.392. The zero-order valence-electron chi connectivity index (χ0n) is 13.5. The monoisotopic (exact) mass is 343 g/mol. The Labute approximate surface area is 145 Å². The highest BCUT2D eigenvalue weighted by molar-refractivity contribution is 6.30. The van der Waals surface area contributed by atoms with Gasteiger partial charge in [0, 0.05) is 24.8 Å². The number of nitrogens with one attached hydrogen (secondary N) is 1. The number of benzene rings is 1. The smallest absolute Gasteiger partial charge is 0.230 e. The van der Waals surface area contributed by atoms with E-state index in [1.165, 1.54) is 11.8 Å². The lowest BCUT2D eigenvalue weighted by Crippen LogP contribution is -2.28. The number of nitrogens with zero attached hydrogens (tertiary/aromatic N) is 2. The van der Waals surface area contributed by atoms with Gasteiger partial charge in [0.15, 0.2) is 0 Å². The molecule has 0 unspecified atom stereocenters. The van der Waals surface area contributed by atoms with Crippen molar-refractivity contribution in [1.82, 2.24) is 4.98 Å². The Morgan fingerprint density at radius 2 is 2.04 bits per heavy atom. The molecule has 1 aliphatic heterocycles. The maximum atomic E-state index is 12.4. The molecular formula is C18H18ClN3O2. The van der Waals surface area contributed by atoms with E-state index >= 15 is 0 Å². The van der Waals surface area contributed by atoms with Crippen LogP contribution < -0.4 is 10.2 Å². The quantitative estimate of drug-likeness (QED) is 0.929.